The molecule has 128 valence electrons. The third-order valence-corrected chi connectivity index (χ3v) is 4.51. The Morgan fingerprint density at radius 1 is 1.46 bits per heavy atom. The number of amides is 1. The van der Waals surface area contributed by atoms with Crippen LogP contribution in [0.1, 0.15) is 32.4 Å². The van der Waals surface area contributed by atoms with Gasteiger partial charge in [-0.3, -0.25) is 4.79 Å². The van der Waals surface area contributed by atoms with Gasteiger partial charge in [0.25, 0.3) is 0 Å². The number of para-hydroxylation sites is 1. The Kier molecular flexibility index (Phi) is 5.36. The summed E-state index contributed by atoms with van der Waals surface area (Å²) in [4.78, 5) is 14.5. The van der Waals surface area contributed by atoms with E-state index in [0.29, 0.717) is 5.76 Å². The topological polar surface area (TPSA) is 45.5 Å². The van der Waals surface area contributed by atoms with Gasteiger partial charge in [0.15, 0.2) is 0 Å². The smallest absolute Gasteiger partial charge is 0.244 e. The minimum Gasteiger partial charge on any atom is -0.457 e. The summed E-state index contributed by atoms with van der Waals surface area (Å²) in [7, 11) is 0. The number of carbonyl (C=O) groups excluding carboxylic acids is 1. The first kappa shape index (κ1) is 16.8. The van der Waals surface area contributed by atoms with E-state index in [2.05, 4.69) is 24.1 Å². The fraction of sp³-hybridized carbons (Fsp3) is 0.450. The SMILES string of the molecule is CC1CCCN(CC(C)NC(=O)/C=C/c2cc3ccccc3o2)C1. The Morgan fingerprint density at radius 3 is 3.08 bits per heavy atom. The van der Waals surface area contributed by atoms with Crippen LogP contribution >= 0.6 is 0 Å². The lowest BCUT2D eigenvalue weighted by molar-refractivity contribution is -0.117. The molecule has 0 radical (unpaired) electrons. The van der Waals surface area contributed by atoms with E-state index in [-0.39, 0.29) is 11.9 Å². The molecule has 2 heterocycles. The number of fused-ring (bicyclic) bond motifs is 1. The number of carbonyl (C=O) groups is 1. The summed E-state index contributed by atoms with van der Waals surface area (Å²) in [6, 6.07) is 9.92. The first-order chi connectivity index (χ1) is 11.6. The van der Waals surface area contributed by atoms with Crippen LogP contribution in [0.25, 0.3) is 17.0 Å². The molecule has 1 N–H and O–H groups in total. The highest BCUT2D eigenvalue weighted by Gasteiger charge is 2.18. The van der Waals surface area contributed by atoms with Crippen LogP contribution < -0.4 is 5.32 Å². The largest absolute Gasteiger partial charge is 0.457 e. The molecule has 2 aromatic rings. The van der Waals surface area contributed by atoms with Crippen LogP contribution in [0.15, 0.2) is 40.8 Å². The predicted molar refractivity (Wildman–Crippen MR) is 97.7 cm³/mol. The Bertz CT molecular complexity index is 686. The average Bonchev–Trinajstić information content (AvgIpc) is 2.95. The van der Waals surface area contributed by atoms with Crippen molar-refractivity contribution >= 4 is 23.0 Å². The van der Waals surface area contributed by atoms with Crippen LogP contribution in [0.5, 0.6) is 0 Å². The second kappa shape index (κ2) is 7.67. The van der Waals surface area contributed by atoms with Gasteiger partial charge < -0.3 is 14.6 Å². The third-order valence-electron chi connectivity index (χ3n) is 4.51. The fourth-order valence-electron chi connectivity index (χ4n) is 3.42. The lowest BCUT2D eigenvalue weighted by Gasteiger charge is -2.32. The molecule has 1 aliphatic heterocycles. The van der Waals surface area contributed by atoms with Crippen molar-refractivity contribution in [1.29, 1.82) is 0 Å². The van der Waals surface area contributed by atoms with E-state index >= 15 is 0 Å². The first-order valence-corrected chi connectivity index (χ1v) is 8.79. The molecule has 1 aromatic heterocycles. The van der Waals surface area contributed by atoms with E-state index in [4.69, 9.17) is 4.42 Å². The number of benzene rings is 1. The van der Waals surface area contributed by atoms with Crippen molar-refractivity contribution in [3.63, 3.8) is 0 Å². The van der Waals surface area contributed by atoms with E-state index in [0.717, 1.165) is 36.5 Å². The number of furan rings is 1. The van der Waals surface area contributed by atoms with Crippen molar-refractivity contribution in [2.45, 2.75) is 32.7 Å². The molecular formula is C20H26N2O2. The molecule has 0 spiro atoms. The highest BCUT2D eigenvalue weighted by Crippen LogP contribution is 2.19. The van der Waals surface area contributed by atoms with Gasteiger partial charge in [-0.05, 0) is 50.4 Å². The summed E-state index contributed by atoms with van der Waals surface area (Å²) in [5.41, 5.74) is 0.838. The van der Waals surface area contributed by atoms with E-state index in [1.54, 1.807) is 12.2 Å². The molecule has 4 nitrogen and oxygen atoms in total. The van der Waals surface area contributed by atoms with Gasteiger partial charge in [-0.1, -0.05) is 25.1 Å². The van der Waals surface area contributed by atoms with Gasteiger partial charge >= 0.3 is 0 Å². The van der Waals surface area contributed by atoms with Gasteiger partial charge in [0, 0.05) is 30.6 Å². The van der Waals surface area contributed by atoms with Gasteiger partial charge in [0.05, 0.1) is 0 Å². The van der Waals surface area contributed by atoms with Crippen molar-refractivity contribution in [3.05, 3.63) is 42.2 Å². The van der Waals surface area contributed by atoms with Crippen molar-refractivity contribution in [2.24, 2.45) is 5.92 Å². The summed E-state index contributed by atoms with van der Waals surface area (Å²) in [6.07, 6.45) is 5.85. The number of piperidine rings is 1. The average molecular weight is 326 g/mol. The molecule has 0 saturated carbocycles. The zero-order valence-corrected chi connectivity index (χ0v) is 14.5. The molecule has 0 aliphatic carbocycles. The molecule has 1 saturated heterocycles. The van der Waals surface area contributed by atoms with Crippen LogP contribution in [-0.4, -0.2) is 36.5 Å². The lowest BCUT2D eigenvalue weighted by atomic mass is 10.00. The molecular weight excluding hydrogens is 300 g/mol. The Balaban J connectivity index is 1.50. The normalized spacial score (nSPS) is 20.5. The number of nitrogens with zero attached hydrogens (tertiary/aromatic N) is 1. The molecule has 1 fully saturated rings. The zero-order chi connectivity index (χ0) is 16.9. The molecule has 24 heavy (non-hydrogen) atoms. The molecule has 0 bridgehead atoms. The van der Waals surface area contributed by atoms with E-state index < -0.39 is 0 Å². The maximum absolute atomic E-state index is 12.1. The Hall–Kier alpha value is -2.07. The van der Waals surface area contributed by atoms with Gasteiger partial charge in [-0.25, -0.2) is 0 Å². The quantitative estimate of drug-likeness (QED) is 0.853. The van der Waals surface area contributed by atoms with Gasteiger partial charge in [-0.15, -0.1) is 0 Å². The first-order valence-electron chi connectivity index (χ1n) is 8.79. The van der Waals surface area contributed by atoms with Gasteiger partial charge in [0.1, 0.15) is 11.3 Å². The highest BCUT2D eigenvalue weighted by atomic mass is 16.3. The van der Waals surface area contributed by atoms with Crippen LogP contribution in [0.4, 0.5) is 0 Å². The van der Waals surface area contributed by atoms with E-state index in [1.807, 2.05) is 30.3 Å². The number of hydrogen-bond donors (Lipinski definition) is 1. The van der Waals surface area contributed by atoms with Crippen molar-refractivity contribution in [1.82, 2.24) is 10.2 Å². The second-order valence-electron chi connectivity index (χ2n) is 6.94. The number of nitrogens with one attached hydrogen (secondary N) is 1. The summed E-state index contributed by atoms with van der Waals surface area (Å²) < 4.78 is 5.68. The third kappa shape index (κ3) is 4.48. The van der Waals surface area contributed by atoms with Crippen LogP contribution in [0, 0.1) is 5.92 Å². The molecule has 1 aromatic carbocycles. The summed E-state index contributed by atoms with van der Waals surface area (Å²) >= 11 is 0. The minimum absolute atomic E-state index is 0.0759. The zero-order valence-electron chi connectivity index (χ0n) is 14.5. The van der Waals surface area contributed by atoms with Crippen molar-refractivity contribution in [3.8, 4) is 0 Å². The predicted octanol–water partition coefficient (Wildman–Crippen LogP) is 3.68. The summed E-state index contributed by atoms with van der Waals surface area (Å²) in [5, 5.41) is 4.08. The number of hydrogen-bond acceptors (Lipinski definition) is 3. The molecule has 1 amide bonds. The van der Waals surface area contributed by atoms with Crippen LogP contribution in [-0.2, 0) is 4.79 Å². The highest BCUT2D eigenvalue weighted by molar-refractivity contribution is 5.92. The van der Waals surface area contributed by atoms with E-state index in [1.165, 1.54) is 12.8 Å². The standard InChI is InChI=1S/C20H26N2O2/c1-15-6-5-11-22(13-15)14-16(2)21-20(23)10-9-18-12-17-7-3-4-8-19(17)24-18/h3-4,7-10,12,15-16H,5-6,11,13-14H2,1-2H3,(H,21,23)/b10-9+. The molecule has 3 rings (SSSR count). The molecule has 4 heteroatoms. The van der Waals surface area contributed by atoms with E-state index in [9.17, 15) is 4.79 Å². The number of rotatable bonds is 5. The fourth-order valence-corrected chi connectivity index (χ4v) is 3.42. The van der Waals surface area contributed by atoms with Gasteiger partial charge in [-0.2, -0.15) is 0 Å². The Labute approximate surface area is 143 Å². The molecule has 2 unspecified atom stereocenters. The number of likely N-dealkylation sites (tertiary alicyclic amines) is 1. The lowest BCUT2D eigenvalue weighted by Crippen LogP contribution is -2.44. The maximum Gasteiger partial charge on any atom is 0.244 e. The second-order valence-corrected chi connectivity index (χ2v) is 6.94. The van der Waals surface area contributed by atoms with Crippen LogP contribution in [0.2, 0.25) is 0 Å². The van der Waals surface area contributed by atoms with Crippen LogP contribution in [0.3, 0.4) is 0 Å². The maximum atomic E-state index is 12.1. The Morgan fingerprint density at radius 2 is 2.29 bits per heavy atom. The van der Waals surface area contributed by atoms with Crippen molar-refractivity contribution < 1.29 is 9.21 Å². The summed E-state index contributed by atoms with van der Waals surface area (Å²) in [5.74, 6) is 1.38. The van der Waals surface area contributed by atoms with Gasteiger partial charge in [0.2, 0.25) is 5.91 Å². The molecule has 2 atom stereocenters. The van der Waals surface area contributed by atoms with Crippen molar-refractivity contribution in [2.75, 3.05) is 19.6 Å². The summed E-state index contributed by atoms with van der Waals surface area (Å²) in [6.45, 7) is 7.54. The molecule has 1 aliphatic rings. The monoisotopic (exact) mass is 326 g/mol. The minimum atomic E-state index is -0.0759.